The maximum atomic E-state index is 8.87. The van der Waals surface area contributed by atoms with E-state index in [-0.39, 0.29) is 28.8 Å². The van der Waals surface area contributed by atoms with Crippen molar-refractivity contribution in [2.24, 2.45) is 0 Å². The summed E-state index contributed by atoms with van der Waals surface area (Å²) in [4.78, 5) is 7.53. The highest BCUT2D eigenvalue weighted by molar-refractivity contribution is 5.59. The molecule has 0 aliphatic heterocycles. The fraction of sp³-hybridized carbons (Fsp3) is 0. The molecule has 0 radical (unpaired) electrons. The zero-order valence-electron chi connectivity index (χ0n) is 7.34. The quantitative estimate of drug-likeness (QED) is 0.556. The summed E-state index contributed by atoms with van der Waals surface area (Å²) in [6, 6.07) is 3.58. The Hall–Kier alpha value is -2.87. The van der Waals surface area contributed by atoms with Crippen LogP contribution in [0.3, 0.4) is 0 Å². The van der Waals surface area contributed by atoms with Gasteiger partial charge in [-0.2, -0.15) is 25.0 Å². The van der Waals surface area contributed by atoms with Gasteiger partial charge in [-0.05, 0) is 0 Å². The van der Waals surface area contributed by atoms with Gasteiger partial charge >= 0.3 is 0 Å². The molecule has 15 heavy (non-hydrogen) atoms. The molecule has 4 N–H and O–H groups in total. The van der Waals surface area contributed by atoms with Crippen LogP contribution in [0, 0.1) is 22.7 Å². The van der Waals surface area contributed by atoms with Gasteiger partial charge in [-0.3, -0.25) is 0 Å². The number of hydrogen-bond donors (Lipinski definition) is 2. The van der Waals surface area contributed by atoms with E-state index in [4.69, 9.17) is 22.0 Å². The van der Waals surface area contributed by atoms with Crippen molar-refractivity contribution in [3.8, 4) is 12.1 Å². The van der Waals surface area contributed by atoms with E-state index >= 15 is 0 Å². The summed E-state index contributed by atoms with van der Waals surface area (Å²) in [6.07, 6.45) is 0. The lowest BCUT2D eigenvalue weighted by molar-refractivity contribution is 0.922. The SMILES string of the molecule is N#Cc1c(N)nc2nc(N)nn2c1C#N. The van der Waals surface area contributed by atoms with Crippen LogP contribution >= 0.6 is 0 Å². The van der Waals surface area contributed by atoms with Gasteiger partial charge in [0.05, 0.1) is 0 Å². The number of nitrogens with two attached hydrogens (primary N) is 2. The fourth-order valence-corrected chi connectivity index (χ4v) is 1.15. The van der Waals surface area contributed by atoms with Gasteiger partial charge in [-0.15, -0.1) is 5.10 Å². The monoisotopic (exact) mass is 200 g/mol. The molecule has 0 unspecified atom stereocenters. The zero-order valence-corrected chi connectivity index (χ0v) is 7.34. The molecule has 0 aromatic carbocycles. The molecule has 0 saturated carbocycles. The molecular weight excluding hydrogens is 196 g/mol. The minimum Gasteiger partial charge on any atom is -0.382 e. The van der Waals surface area contributed by atoms with Gasteiger partial charge in [0.15, 0.2) is 5.69 Å². The predicted octanol–water partition coefficient (Wildman–Crippen LogP) is -0.968. The second-order valence-corrected chi connectivity index (χ2v) is 2.63. The third kappa shape index (κ3) is 1.09. The number of nitrogens with zero attached hydrogens (tertiary/aromatic N) is 6. The number of nitrogen functional groups attached to an aromatic ring is 2. The Morgan fingerprint density at radius 3 is 2.47 bits per heavy atom. The van der Waals surface area contributed by atoms with Crippen LogP contribution in [0.4, 0.5) is 11.8 Å². The van der Waals surface area contributed by atoms with Crippen LogP contribution in [-0.2, 0) is 0 Å². The summed E-state index contributed by atoms with van der Waals surface area (Å²) in [6.45, 7) is 0. The number of fused-ring (bicyclic) bond motifs is 1. The number of anilines is 2. The molecule has 0 bridgehead atoms. The largest absolute Gasteiger partial charge is 0.382 e. The second kappa shape index (κ2) is 2.82. The van der Waals surface area contributed by atoms with Crippen LogP contribution in [0.25, 0.3) is 5.78 Å². The van der Waals surface area contributed by atoms with E-state index in [2.05, 4.69) is 15.1 Å². The molecule has 0 fully saturated rings. The minimum absolute atomic E-state index is 0.0239. The highest BCUT2D eigenvalue weighted by atomic mass is 15.4. The van der Waals surface area contributed by atoms with E-state index < -0.39 is 0 Å². The first-order chi connectivity index (χ1) is 7.17. The van der Waals surface area contributed by atoms with Crippen molar-refractivity contribution >= 4 is 17.5 Å². The van der Waals surface area contributed by atoms with Crippen molar-refractivity contribution in [3.63, 3.8) is 0 Å². The number of hydrogen-bond acceptors (Lipinski definition) is 7. The summed E-state index contributed by atoms with van der Waals surface area (Å²) >= 11 is 0. The van der Waals surface area contributed by atoms with Crippen molar-refractivity contribution in [1.82, 2.24) is 19.6 Å². The number of rotatable bonds is 0. The molecule has 2 aromatic rings. The Kier molecular flexibility index (Phi) is 1.64. The minimum atomic E-state index is -0.0612. The van der Waals surface area contributed by atoms with Crippen LogP contribution in [0.15, 0.2) is 0 Å². The lowest BCUT2D eigenvalue weighted by Crippen LogP contribution is -2.06. The van der Waals surface area contributed by atoms with E-state index in [1.165, 1.54) is 0 Å². The standard InChI is InChI=1S/C7H4N8/c8-1-3-4(2-9)15-7(12-5(3)10)13-6(11)14-15/h(H4,10,11,12,13,14). The first-order valence-electron chi connectivity index (χ1n) is 3.79. The fourth-order valence-electron chi connectivity index (χ4n) is 1.15. The molecule has 2 rings (SSSR count). The average molecular weight is 200 g/mol. The molecule has 2 aromatic heterocycles. The van der Waals surface area contributed by atoms with Gasteiger partial charge in [0.1, 0.15) is 23.5 Å². The molecule has 72 valence electrons. The van der Waals surface area contributed by atoms with Gasteiger partial charge in [-0.1, -0.05) is 0 Å². The maximum absolute atomic E-state index is 8.87. The lowest BCUT2D eigenvalue weighted by Gasteiger charge is -1.99. The molecule has 8 heteroatoms. The van der Waals surface area contributed by atoms with Crippen LogP contribution in [0.5, 0.6) is 0 Å². The summed E-state index contributed by atoms with van der Waals surface area (Å²) in [5.74, 6) is 0.00277. The van der Waals surface area contributed by atoms with E-state index in [0.717, 1.165) is 4.52 Å². The van der Waals surface area contributed by atoms with Gasteiger partial charge < -0.3 is 11.5 Å². The molecule has 8 nitrogen and oxygen atoms in total. The van der Waals surface area contributed by atoms with Gasteiger partial charge in [0.2, 0.25) is 5.95 Å². The van der Waals surface area contributed by atoms with E-state index in [9.17, 15) is 0 Å². The topological polar surface area (TPSA) is 143 Å². The summed E-state index contributed by atoms with van der Waals surface area (Å²) in [7, 11) is 0. The Labute approximate surface area is 83.4 Å². The molecule has 0 saturated heterocycles. The van der Waals surface area contributed by atoms with Crippen LogP contribution in [0.1, 0.15) is 11.3 Å². The van der Waals surface area contributed by atoms with Gasteiger partial charge in [-0.25, -0.2) is 0 Å². The van der Waals surface area contributed by atoms with Crippen LogP contribution in [-0.4, -0.2) is 19.6 Å². The highest BCUT2D eigenvalue weighted by Crippen LogP contribution is 2.14. The molecular formula is C7H4N8. The first-order valence-corrected chi connectivity index (χ1v) is 3.79. The molecule has 2 heterocycles. The van der Waals surface area contributed by atoms with E-state index in [0.29, 0.717) is 0 Å². The van der Waals surface area contributed by atoms with Crippen LogP contribution < -0.4 is 11.5 Å². The van der Waals surface area contributed by atoms with Crippen molar-refractivity contribution < 1.29 is 0 Å². The van der Waals surface area contributed by atoms with Crippen molar-refractivity contribution in [2.75, 3.05) is 11.5 Å². The van der Waals surface area contributed by atoms with Gasteiger partial charge in [0, 0.05) is 0 Å². The zero-order chi connectivity index (χ0) is 11.0. The highest BCUT2D eigenvalue weighted by Gasteiger charge is 2.15. The first kappa shape index (κ1) is 8.72. The van der Waals surface area contributed by atoms with Crippen LogP contribution in [0.2, 0.25) is 0 Å². The smallest absolute Gasteiger partial charge is 0.257 e. The second-order valence-electron chi connectivity index (χ2n) is 2.63. The summed E-state index contributed by atoms with van der Waals surface area (Å²) in [5.41, 5.74) is 10.8. The molecule has 0 aliphatic rings. The third-order valence-electron chi connectivity index (χ3n) is 1.75. The Morgan fingerprint density at radius 2 is 1.87 bits per heavy atom. The molecule has 0 atom stereocenters. The third-order valence-corrected chi connectivity index (χ3v) is 1.75. The van der Waals surface area contributed by atoms with E-state index in [1.807, 2.05) is 0 Å². The normalized spacial score (nSPS) is 9.73. The maximum Gasteiger partial charge on any atom is 0.257 e. The van der Waals surface area contributed by atoms with Crippen molar-refractivity contribution in [1.29, 1.82) is 10.5 Å². The van der Waals surface area contributed by atoms with Gasteiger partial charge in [0.25, 0.3) is 5.78 Å². The Morgan fingerprint density at radius 1 is 1.13 bits per heavy atom. The number of aromatic nitrogens is 4. The molecule has 0 amide bonds. The molecule has 0 spiro atoms. The van der Waals surface area contributed by atoms with E-state index in [1.54, 1.807) is 12.1 Å². The average Bonchev–Trinajstić information content (AvgIpc) is 2.55. The predicted molar refractivity (Wildman–Crippen MR) is 49.0 cm³/mol. The number of nitriles is 2. The lowest BCUT2D eigenvalue weighted by atomic mass is 10.2. The summed E-state index contributed by atoms with van der Waals surface area (Å²) in [5, 5.41) is 21.4. The Bertz CT molecular complexity index is 625. The van der Waals surface area contributed by atoms with Crippen molar-refractivity contribution in [2.45, 2.75) is 0 Å². The molecule has 0 aliphatic carbocycles. The Balaban J connectivity index is 3.00. The summed E-state index contributed by atoms with van der Waals surface area (Å²) < 4.78 is 1.09. The van der Waals surface area contributed by atoms with Crippen molar-refractivity contribution in [3.05, 3.63) is 11.3 Å².